The molecule has 0 saturated carbocycles. The summed E-state index contributed by atoms with van der Waals surface area (Å²) in [5, 5.41) is 51.9. The van der Waals surface area contributed by atoms with Gasteiger partial charge in [-0.1, -0.05) is 5.21 Å². The van der Waals surface area contributed by atoms with Crippen LogP contribution in [0.1, 0.15) is 46.9 Å². The largest absolute Gasteiger partial charge is 0.394 e. The van der Waals surface area contributed by atoms with Crippen LogP contribution in [0, 0.1) is 38.2 Å². The van der Waals surface area contributed by atoms with E-state index in [4.69, 9.17) is 9.72 Å². The maximum atomic E-state index is 13.9. The van der Waals surface area contributed by atoms with E-state index in [0.717, 1.165) is 34.3 Å². The number of aryl methyl sites for hydroxylation is 3. The number of aliphatic hydroxyl groups excluding tert-OH is 3. The van der Waals surface area contributed by atoms with Crippen LogP contribution >= 0.6 is 11.8 Å². The van der Waals surface area contributed by atoms with E-state index in [0.29, 0.717) is 43.0 Å². The highest BCUT2D eigenvalue weighted by atomic mass is 32.2. The van der Waals surface area contributed by atoms with Gasteiger partial charge in [0.1, 0.15) is 35.5 Å². The van der Waals surface area contributed by atoms with Gasteiger partial charge in [0, 0.05) is 18.7 Å². The highest BCUT2D eigenvalue weighted by Crippen LogP contribution is 2.49. The number of benzene rings is 1. The molecule has 11 nitrogen and oxygen atoms in total. The molecule has 0 radical (unpaired) electrons. The van der Waals surface area contributed by atoms with Gasteiger partial charge >= 0.3 is 0 Å². The van der Waals surface area contributed by atoms with E-state index in [2.05, 4.69) is 20.2 Å². The molecule has 0 amide bonds. The number of aromatic nitrogens is 5. The van der Waals surface area contributed by atoms with E-state index in [-0.39, 0.29) is 11.3 Å². The lowest BCUT2D eigenvalue weighted by atomic mass is 9.86. The molecule has 2 aliphatic heterocycles. The highest BCUT2D eigenvalue weighted by molar-refractivity contribution is 8.00. The van der Waals surface area contributed by atoms with Gasteiger partial charge in [-0.2, -0.15) is 0 Å². The minimum Gasteiger partial charge on any atom is -0.394 e. The molecule has 234 valence electrons. The molecular formula is C28H35F3N6O5S. The van der Waals surface area contributed by atoms with Gasteiger partial charge in [-0.15, -0.1) is 16.9 Å². The molecular weight excluding hydrogens is 589 g/mol. The van der Waals surface area contributed by atoms with Crippen LogP contribution in [0.15, 0.2) is 18.3 Å². The number of thioether (sulfide) groups is 1. The molecule has 0 bridgehead atoms. The van der Waals surface area contributed by atoms with Crippen LogP contribution in [0.3, 0.4) is 0 Å². The smallest absolute Gasteiger partial charge is 0.194 e. The third-order valence-electron chi connectivity index (χ3n) is 8.32. The van der Waals surface area contributed by atoms with Crippen molar-refractivity contribution < 1.29 is 38.3 Å². The summed E-state index contributed by atoms with van der Waals surface area (Å²) >= 11 is 1.12. The van der Waals surface area contributed by atoms with Crippen LogP contribution in [0.4, 0.5) is 13.2 Å². The monoisotopic (exact) mass is 624 g/mol. The predicted octanol–water partition coefficient (Wildman–Crippen LogP) is 1.99. The summed E-state index contributed by atoms with van der Waals surface area (Å²) in [5.74, 6) is -4.44. The Kier molecular flexibility index (Phi) is 9.14. The molecule has 1 unspecified atom stereocenters. The van der Waals surface area contributed by atoms with E-state index < -0.39 is 64.7 Å². The summed E-state index contributed by atoms with van der Waals surface area (Å²) in [5.41, 5.74) is 0.147. The number of hydrogen-bond donors (Lipinski definition) is 4. The molecule has 6 atom stereocenters. The molecule has 2 aliphatic rings. The first kappa shape index (κ1) is 31.8. The van der Waals surface area contributed by atoms with Gasteiger partial charge in [0.25, 0.3) is 0 Å². The first-order valence-electron chi connectivity index (χ1n) is 13.9. The van der Waals surface area contributed by atoms with Crippen molar-refractivity contribution in [3.8, 4) is 11.3 Å². The van der Waals surface area contributed by atoms with Crippen molar-refractivity contribution >= 4 is 11.8 Å². The average molecular weight is 625 g/mol. The number of halogens is 3. The fourth-order valence-electron chi connectivity index (χ4n) is 5.58. The Morgan fingerprint density at radius 1 is 1.02 bits per heavy atom. The highest BCUT2D eigenvalue weighted by Gasteiger charge is 2.50. The van der Waals surface area contributed by atoms with Gasteiger partial charge in [-0.3, -0.25) is 9.97 Å². The predicted molar refractivity (Wildman–Crippen MR) is 150 cm³/mol. The molecule has 2 fully saturated rings. The molecule has 3 aromatic rings. The van der Waals surface area contributed by atoms with Gasteiger partial charge in [0.2, 0.25) is 0 Å². The second-order valence-electron chi connectivity index (χ2n) is 11.3. The minimum absolute atomic E-state index is 0.0343. The molecule has 2 saturated heterocycles. The number of aliphatic hydroxyl groups is 4. The lowest BCUT2D eigenvalue weighted by molar-refractivity contribution is -0.179. The fourth-order valence-corrected chi connectivity index (χ4v) is 7.22. The number of likely N-dealkylation sites (tertiary alicyclic amines) is 1. The Labute approximate surface area is 250 Å². The van der Waals surface area contributed by atoms with Crippen molar-refractivity contribution in [2.45, 2.75) is 74.3 Å². The second kappa shape index (κ2) is 12.4. The van der Waals surface area contributed by atoms with Gasteiger partial charge in [-0.05, 0) is 52.8 Å². The molecule has 5 rings (SSSR count). The third kappa shape index (κ3) is 6.16. The van der Waals surface area contributed by atoms with E-state index in [1.165, 1.54) is 6.20 Å². The van der Waals surface area contributed by atoms with Crippen LogP contribution in [0.5, 0.6) is 0 Å². The first-order valence-corrected chi connectivity index (χ1v) is 14.8. The molecule has 43 heavy (non-hydrogen) atoms. The molecule has 0 spiro atoms. The van der Waals surface area contributed by atoms with Crippen molar-refractivity contribution in [3.63, 3.8) is 0 Å². The van der Waals surface area contributed by atoms with Gasteiger partial charge in [0.15, 0.2) is 17.5 Å². The topological polar surface area (TPSA) is 150 Å². The SMILES string of the molecule is Cc1nc(C)c(C(S[C@@H]2O[C@H](CO)[C@H](O)[C@H](n3cc(-c4cc(F)c(F)c(F)c4)nn3)[C@H]2O)C2(O)CCN(C)CC2)nc1C. The van der Waals surface area contributed by atoms with Crippen molar-refractivity contribution in [2.24, 2.45) is 0 Å². The molecule has 2 aromatic heterocycles. The number of rotatable bonds is 7. The van der Waals surface area contributed by atoms with E-state index in [1.807, 2.05) is 20.9 Å². The van der Waals surface area contributed by atoms with E-state index in [9.17, 15) is 33.6 Å². The zero-order chi connectivity index (χ0) is 31.2. The number of nitrogens with zero attached hydrogens (tertiary/aromatic N) is 6. The Morgan fingerprint density at radius 2 is 1.65 bits per heavy atom. The van der Waals surface area contributed by atoms with Crippen LogP contribution in [0.25, 0.3) is 11.3 Å². The van der Waals surface area contributed by atoms with E-state index >= 15 is 0 Å². The van der Waals surface area contributed by atoms with Gasteiger partial charge in [0.05, 0.1) is 46.4 Å². The van der Waals surface area contributed by atoms with Crippen LogP contribution < -0.4 is 0 Å². The Hall–Kier alpha value is -2.66. The van der Waals surface area contributed by atoms with E-state index in [1.54, 1.807) is 6.92 Å². The lowest BCUT2D eigenvalue weighted by Gasteiger charge is -2.46. The Morgan fingerprint density at radius 3 is 2.28 bits per heavy atom. The average Bonchev–Trinajstić information content (AvgIpc) is 3.45. The summed E-state index contributed by atoms with van der Waals surface area (Å²) < 4.78 is 48.4. The van der Waals surface area contributed by atoms with Gasteiger partial charge < -0.3 is 30.1 Å². The van der Waals surface area contributed by atoms with Crippen molar-refractivity contribution in [3.05, 3.63) is 58.6 Å². The number of hydrogen-bond acceptors (Lipinski definition) is 11. The second-order valence-corrected chi connectivity index (χ2v) is 12.5. The summed E-state index contributed by atoms with van der Waals surface area (Å²) in [6.45, 7) is 6.14. The quantitative estimate of drug-likeness (QED) is 0.286. The standard InChI is InChI=1S/C28H35F3N6O5S/c1-13-14(2)33-22(15(3)32-13)26(28(41)5-7-36(4)8-6-28)43-27-25(40)23(24(39)20(12-38)42-27)37-11-19(34-35-37)16-9-17(29)21(31)18(30)10-16/h9-11,20,23-27,38-41H,5-8,12H2,1-4H3/t20-,23+,24+,25-,26?,27+/m1/s1. The zero-order valence-electron chi connectivity index (χ0n) is 24.2. The zero-order valence-corrected chi connectivity index (χ0v) is 25.0. The van der Waals surface area contributed by atoms with Crippen LogP contribution in [0.2, 0.25) is 0 Å². The maximum Gasteiger partial charge on any atom is 0.194 e. The summed E-state index contributed by atoms with van der Waals surface area (Å²) in [6.07, 6.45) is -1.96. The molecule has 4 heterocycles. The fraction of sp³-hybridized carbons (Fsp3) is 0.571. The number of piperidine rings is 1. The van der Waals surface area contributed by atoms with Gasteiger partial charge in [-0.25, -0.2) is 17.9 Å². The minimum atomic E-state index is -1.62. The molecule has 0 aliphatic carbocycles. The Bertz CT molecular complexity index is 1450. The maximum absolute atomic E-state index is 13.9. The normalized spacial score (nSPS) is 26.9. The van der Waals surface area contributed by atoms with Crippen molar-refractivity contribution in [1.82, 2.24) is 29.9 Å². The summed E-state index contributed by atoms with van der Waals surface area (Å²) in [6, 6.07) is 0.316. The summed E-state index contributed by atoms with van der Waals surface area (Å²) in [7, 11) is 1.97. The molecule has 15 heteroatoms. The van der Waals surface area contributed by atoms with Crippen LogP contribution in [-0.4, -0.2) is 106 Å². The Balaban J connectivity index is 1.50. The lowest BCUT2D eigenvalue weighted by Crippen LogP contribution is -2.56. The third-order valence-corrected chi connectivity index (χ3v) is 9.91. The van der Waals surface area contributed by atoms with Crippen molar-refractivity contribution in [1.29, 1.82) is 0 Å². The number of ether oxygens (including phenoxy) is 1. The summed E-state index contributed by atoms with van der Waals surface area (Å²) in [4.78, 5) is 11.5. The first-order chi connectivity index (χ1) is 20.3. The molecule has 4 N–H and O–H groups in total. The molecule has 1 aromatic carbocycles. The van der Waals surface area contributed by atoms with Crippen molar-refractivity contribution in [2.75, 3.05) is 26.7 Å². The van der Waals surface area contributed by atoms with Crippen LogP contribution in [-0.2, 0) is 4.74 Å².